The van der Waals surface area contributed by atoms with E-state index in [1.807, 2.05) is 6.26 Å². The molecule has 1 aromatic rings. The third-order valence-corrected chi connectivity index (χ3v) is 4.35. The molecule has 0 atom stereocenters. The molecule has 4 nitrogen and oxygen atoms in total. The van der Waals surface area contributed by atoms with E-state index in [-0.39, 0.29) is 0 Å². The van der Waals surface area contributed by atoms with Crippen molar-refractivity contribution < 1.29 is 0 Å². The number of thioether (sulfide) groups is 1. The van der Waals surface area contributed by atoms with E-state index >= 15 is 0 Å². The molecule has 0 aromatic carbocycles. The minimum atomic E-state index is 0.644. The van der Waals surface area contributed by atoms with Gasteiger partial charge in [0, 0.05) is 13.1 Å². The molecule has 0 aliphatic rings. The fourth-order valence-electron chi connectivity index (χ4n) is 1.68. The summed E-state index contributed by atoms with van der Waals surface area (Å²) in [5, 5.41) is 4.52. The number of hydrogen-bond donors (Lipinski definition) is 2. The van der Waals surface area contributed by atoms with Crippen LogP contribution in [0.1, 0.15) is 20.3 Å². The van der Waals surface area contributed by atoms with Gasteiger partial charge < -0.3 is 16.0 Å². The fourth-order valence-corrected chi connectivity index (χ4v) is 3.24. The Kier molecular flexibility index (Phi) is 6.69. The Hall–Kier alpha value is -0.460. The predicted octanol–water partition coefficient (Wildman–Crippen LogP) is 2.59. The summed E-state index contributed by atoms with van der Waals surface area (Å²) in [7, 11) is 0. The van der Waals surface area contributed by atoms with E-state index in [1.54, 1.807) is 11.8 Å². The first-order valence-corrected chi connectivity index (χ1v) is 7.98. The van der Waals surface area contributed by atoms with Crippen LogP contribution in [0, 0.1) is 0 Å². The molecule has 0 amide bonds. The number of aromatic nitrogens is 1. The Morgan fingerprint density at radius 2 is 2.18 bits per heavy atom. The third-order valence-electron chi connectivity index (χ3n) is 2.58. The average molecular weight is 274 g/mol. The van der Waals surface area contributed by atoms with Crippen molar-refractivity contribution in [1.29, 1.82) is 0 Å². The quantitative estimate of drug-likeness (QED) is 0.714. The second kappa shape index (κ2) is 7.79. The third kappa shape index (κ3) is 4.37. The van der Waals surface area contributed by atoms with Gasteiger partial charge in [0.1, 0.15) is 5.00 Å². The number of hydrogen-bond acceptors (Lipinski definition) is 6. The SMILES string of the molecule is CCCN(CC)CCNc1snc(N)c1SC. The molecule has 17 heavy (non-hydrogen) atoms. The monoisotopic (exact) mass is 274 g/mol. The van der Waals surface area contributed by atoms with E-state index in [0.29, 0.717) is 5.82 Å². The lowest BCUT2D eigenvalue weighted by molar-refractivity contribution is 0.300. The molecule has 0 saturated heterocycles. The van der Waals surface area contributed by atoms with Crippen LogP contribution >= 0.6 is 23.3 Å². The average Bonchev–Trinajstić information content (AvgIpc) is 2.68. The molecular weight excluding hydrogens is 252 g/mol. The molecule has 6 heteroatoms. The zero-order valence-corrected chi connectivity index (χ0v) is 12.5. The molecule has 1 heterocycles. The molecule has 98 valence electrons. The predicted molar refractivity (Wildman–Crippen MR) is 79.2 cm³/mol. The first kappa shape index (κ1) is 14.6. The van der Waals surface area contributed by atoms with Crippen LogP contribution in [0.5, 0.6) is 0 Å². The van der Waals surface area contributed by atoms with E-state index in [9.17, 15) is 0 Å². The van der Waals surface area contributed by atoms with E-state index < -0.39 is 0 Å². The number of nitrogen functional groups attached to an aromatic ring is 1. The Labute approximate surface area is 112 Å². The summed E-state index contributed by atoms with van der Waals surface area (Å²) in [6.07, 6.45) is 3.23. The van der Waals surface area contributed by atoms with Crippen molar-refractivity contribution >= 4 is 34.1 Å². The molecular formula is C11H22N4S2. The smallest absolute Gasteiger partial charge is 0.153 e. The number of likely N-dealkylation sites (N-methyl/N-ethyl adjacent to an activating group) is 1. The molecule has 0 spiro atoms. The summed E-state index contributed by atoms with van der Waals surface area (Å²) in [4.78, 5) is 3.52. The highest BCUT2D eigenvalue weighted by Crippen LogP contribution is 2.34. The topological polar surface area (TPSA) is 54.2 Å². The van der Waals surface area contributed by atoms with Crippen molar-refractivity contribution in [2.75, 3.05) is 43.5 Å². The van der Waals surface area contributed by atoms with Gasteiger partial charge in [-0.2, -0.15) is 4.37 Å². The van der Waals surface area contributed by atoms with Crippen LogP contribution < -0.4 is 11.1 Å². The molecule has 1 rings (SSSR count). The van der Waals surface area contributed by atoms with Gasteiger partial charge in [-0.25, -0.2) is 0 Å². The van der Waals surface area contributed by atoms with E-state index in [4.69, 9.17) is 5.73 Å². The number of nitrogens with two attached hydrogens (primary N) is 1. The molecule has 3 N–H and O–H groups in total. The van der Waals surface area contributed by atoms with Crippen LogP contribution in [0.3, 0.4) is 0 Å². The largest absolute Gasteiger partial charge is 0.382 e. The normalized spacial score (nSPS) is 11.1. The number of nitrogens with zero attached hydrogens (tertiary/aromatic N) is 2. The Bertz CT molecular complexity index is 327. The maximum absolute atomic E-state index is 5.79. The van der Waals surface area contributed by atoms with Crippen LogP contribution in [0.2, 0.25) is 0 Å². The second-order valence-electron chi connectivity index (χ2n) is 3.79. The summed E-state index contributed by atoms with van der Waals surface area (Å²) < 4.78 is 4.16. The highest BCUT2D eigenvalue weighted by atomic mass is 32.2. The Balaban J connectivity index is 2.39. The van der Waals surface area contributed by atoms with Gasteiger partial charge >= 0.3 is 0 Å². The van der Waals surface area contributed by atoms with E-state index in [1.165, 1.54) is 24.5 Å². The molecule has 0 fully saturated rings. The summed E-state index contributed by atoms with van der Waals surface area (Å²) >= 11 is 3.10. The first-order chi connectivity index (χ1) is 8.22. The molecule has 1 aromatic heterocycles. The standard InChI is InChI=1S/C11H22N4S2/c1-4-7-15(5-2)8-6-13-11-9(16-3)10(12)14-17-11/h13H,4-8H2,1-3H3,(H2,12,14). The van der Waals surface area contributed by atoms with Gasteiger partial charge in [-0.15, -0.1) is 11.8 Å². The fraction of sp³-hybridized carbons (Fsp3) is 0.727. The van der Waals surface area contributed by atoms with Crippen LogP contribution in [0.25, 0.3) is 0 Å². The molecule has 0 bridgehead atoms. The Morgan fingerprint density at radius 3 is 2.76 bits per heavy atom. The molecule has 0 radical (unpaired) electrons. The lowest BCUT2D eigenvalue weighted by atomic mass is 10.4. The summed E-state index contributed by atoms with van der Waals surface area (Å²) in [5.41, 5.74) is 5.79. The maximum atomic E-state index is 5.79. The second-order valence-corrected chi connectivity index (χ2v) is 5.38. The molecule has 0 aliphatic carbocycles. The van der Waals surface area contributed by atoms with Crippen molar-refractivity contribution in [3.63, 3.8) is 0 Å². The van der Waals surface area contributed by atoms with Crippen LogP contribution in [-0.4, -0.2) is 41.7 Å². The van der Waals surface area contributed by atoms with Gasteiger partial charge in [0.05, 0.1) is 4.90 Å². The highest BCUT2D eigenvalue weighted by molar-refractivity contribution is 7.99. The van der Waals surface area contributed by atoms with E-state index in [0.717, 1.165) is 29.5 Å². The highest BCUT2D eigenvalue weighted by Gasteiger charge is 2.10. The van der Waals surface area contributed by atoms with Gasteiger partial charge in [-0.05, 0) is 37.3 Å². The van der Waals surface area contributed by atoms with Gasteiger partial charge in [0.2, 0.25) is 0 Å². The summed E-state index contributed by atoms with van der Waals surface area (Å²) in [6.45, 7) is 8.70. The summed E-state index contributed by atoms with van der Waals surface area (Å²) in [5.74, 6) is 0.644. The molecule has 0 aliphatic heterocycles. The van der Waals surface area contributed by atoms with Crippen molar-refractivity contribution in [3.05, 3.63) is 0 Å². The number of nitrogens with one attached hydrogen (secondary N) is 1. The number of anilines is 2. The van der Waals surface area contributed by atoms with Crippen LogP contribution in [0.4, 0.5) is 10.8 Å². The molecule has 0 saturated carbocycles. The van der Waals surface area contributed by atoms with Gasteiger partial charge in [0.15, 0.2) is 5.82 Å². The van der Waals surface area contributed by atoms with Crippen molar-refractivity contribution in [2.45, 2.75) is 25.2 Å². The lowest BCUT2D eigenvalue weighted by Gasteiger charge is -2.19. The van der Waals surface area contributed by atoms with Crippen molar-refractivity contribution in [2.24, 2.45) is 0 Å². The Morgan fingerprint density at radius 1 is 1.41 bits per heavy atom. The number of rotatable bonds is 8. The van der Waals surface area contributed by atoms with Crippen LogP contribution in [-0.2, 0) is 0 Å². The first-order valence-electron chi connectivity index (χ1n) is 5.98. The molecule has 0 unspecified atom stereocenters. The lowest BCUT2D eigenvalue weighted by Crippen LogP contribution is -2.29. The zero-order valence-electron chi connectivity index (χ0n) is 10.8. The van der Waals surface area contributed by atoms with Gasteiger partial charge in [-0.3, -0.25) is 0 Å². The minimum absolute atomic E-state index is 0.644. The van der Waals surface area contributed by atoms with Gasteiger partial charge in [0.25, 0.3) is 0 Å². The van der Waals surface area contributed by atoms with Crippen molar-refractivity contribution in [3.8, 4) is 0 Å². The zero-order chi connectivity index (χ0) is 12.7. The van der Waals surface area contributed by atoms with Crippen molar-refractivity contribution in [1.82, 2.24) is 9.27 Å². The summed E-state index contributed by atoms with van der Waals surface area (Å²) in [6, 6.07) is 0. The van der Waals surface area contributed by atoms with E-state index in [2.05, 4.69) is 28.4 Å². The van der Waals surface area contributed by atoms with Gasteiger partial charge in [-0.1, -0.05) is 13.8 Å². The minimum Gasteiger partial charge on any atom is -0.382 e. The maximum Gasteiger partial charge on any atom is 0.153 e. The van der Waals surface area contributed by atoms with Crippen LogP contribution in [0.15, 0.2) is 4.90 Å².